The number of halogens is 1. The number of amides is 1. The Hall–Kier alpha value is -1.17. The number of carbonyl (C=O) groups excluding carboxylic acids is 1. The first-order valence-corrected chi connectivity index (χ1v) is 7.60. The minimum atomic E-state index is 0.0324. The van der Waals surface area contributed by atoms with Crippen LogP contribution in [0.4, 0.5) is 0 Å². The Balaban J connectivity index is 2.13. The molecule has 0 unspecified atom stereocenters. The Bertz CT molecular complexity index is 541. The highest BCUT2D eigenvalue weighted by atomic mass is 79.9. The average molecular weight is 339 g/mol. The number of thiophene rings is 1. The van der Waals surface area contributed by atoms with Crippen molar-refractivity contribution in [1.29, 1.82) is 0 Å². The van der Waals surface area contributed by atoms with E-state index in [0.29, 0.717) is 19.6 Å². The van der Waals surface area contributed by atoms with Gasteiger partial charge in [-0.3, -0.25) is 4.79 Å². The Kier molecular flexibility index (Phi) is 5.13. The second-order valence-electron chi connectivity index (χ2n) is 4.10. The maximum absolute atomic E-state index is 12.4. The van der Waals surface area contributed by atoms with Gasteiger partial charge in [-0.1, -0.05) is 30.3 Å². The molecule has 0 radical (unpaired) electrons. The Morgan fingerprint density at radius 2 is 1.95 bits per heavy atom. The van der Waals surface area contributed by atoms with Gasteiger partial charge in [0.1, 0.15) is 0 Å². The molecule has 1 aromatic heterocycles. The summed E-state index contributed by atoms with van der Waals surface area (Å²) in [5, 5.41) is 0. The molecule has 0 fully saturated rings. The third-order valence-electron chi connectivity index (χ3n) is 2.69. The standard InChI is InChI=1S/C14H15BrN2OS/c15-13-7-6-12(19-13)14(18)17(9-8-16)10-11-4-2-1-3-5-11/h1-7H,8-10,16H2. The van der Waals surface area contributed by atoms with Crippen LogP contribution in [0.15, 0.2) is 46.3 Å². The summed E-state index contributed by atoms with van der Waals surface area (Å²) in [6.07, 6.45) is 0. The van der Waals surface area contributed by atoms with Crippen LogP contribution in [0.5, 0.6) is 0 Å². The lowest BCUT2D eigenvalue weighted by Crippen LogP contribution is -2.34. The van der Waals surface area contributed by atoms with Crippen LogP contribution in [-0.4, -0.2) is 23.9 Å². The molecule has 2 rings (SSSR count). The van der Waals surface area contributed by atoms with E-state index in [0.717, 1.165) is 14.2 Å². The van der Waals surface area contributed by atoms with E-state index < -0.39 is 0 Å². The molecule has 1 amide bonds. The summed E-state index contributed by atoms with van der Waals surface area (Å²) in [5.41, 5.74) is 6.72. The Morgan fingerprint density at radius 3 is 2.53 bits per heavy atom. The van der Waals surface area contributed by atoms with Crippen LogP contribution in [0.3, 0.4) is 0 Å². The van der Waals surface area contributed by atoms with E-state index in [2.05, 4.69) is 15.9 Å². The third-order valence-corrected chi connectivity index (χ3v) is 4.30. The summed E-state index contributed by atoms with van der Waals surface area (Å²) >= 11 is 4.82. The second kappa shape index (κ2) is 6.84. The van der Waals surface area contributed by atoms with E-state index in [9.17, 15) is 4.79 Å². The average Bonchev–Trinajstić information content (AvgIpc) is 2.85. The monoisotopic (exact) mass is 338 g/mol. The lowest BCUT2D eigenvalue weighted by molar-refractivity contribution is 0.0753. The van der Waals surface area contributed by atoms with Crippen LogP contribution in [0.1, 0.15) is 15.2 Å². The zero-order valence-corrected chi connectivity index (χ0v) is 12.8. The summed E-state index contributed by atoms with van der Waals surface area (Å²) in [6.45, 7) is 1.61. The third kappa shape index (κ3) is 3.89. The fourth-order valence-corrected chi connectivity index (χ4v) is 3.15. The lowest BCUT2D eigenvalue weighted by Gasteiger charge is -2.21. The van der Waals surface area contributed by atoms with E-state index in [4.69, 9.17) is 5.73 Å². The Labute approximate surface area is 125 Å². The summed E-state index contributed by atoms with van der Waals surface area (Å²) in [4.78, 5) is 14.9. The van der Waals surface area contributed by atoms with Gasteiger partial charge in [0, 0.05) is 19.6 Å². The van der Waals surface area contributed by atoms with Crippen molar-refractivity contribution in [3.63, 3.8) is 0 Å². The number of nitrogens with two attached hydrogens (primary N) is 1. The van der Waals surface area contributed by atoms with Crippen molar-refractivity contribution in [1.82, 2.24) is 4.90 Å². The normalized spacial score (nSPS) is 10.4. The molecule has 2 aromatic rings. The minimum absolute atomic E-state index is 0.0324. The highest BCUT2D eigenvalue weighted by molar-refractivity contribution is 9.11. The number of hydrogen-bond acceptors (Lipinski definition) is 3. The highest BCUT2D eigenvalue weighted by Crippen LogP contribution is 2.23. The van der Waals surface area contributed by atoms with E-state index in [1.807, 2.05) is 42.5 Å². The van der Waals surface area contributed by atoms with Gasteiger partial charge < -0.3 is 10.6 Å². The fraction of sp³-hybridized carbons (Fsp3) is 0.214. The van der Waals surface area contributed by atoms with Crippen molar-refractivity contribution >= 4 is 33.2 Å². The minimum Gasteiger partial charge on any atom is -0.332 e. The molecule has 0 aliphatic carbocycles. The van der Waals surface area contributed by atoms with E-state index in [1.54, 1.807) is 4.90 Å². The van der Waals surface area contributed by atoms with Gasteiger partial charge in [0.25, 0.3) is 5.91 Å². The van der Waals surface area contributed by atoms with Crippen molar-refractivity contribution in [2.45, 2.75) is 6.54 Å². The molecule has 0 bridgehead atoms. The smallest absolute Gasteiger partial charge is 0.264 e. The number of nitrogens with zero attached hydrogens (tertiary/aromatic N) is 1. The van der Waals surface area contributed by atoms with Crippen molar-refractivity contribution in [3.8, 4) is 0 Å². The predicted octanol–water partition coefficient (Wildman–Crippen LogP) is 3.11. The van der Waals surface area contributed by atoms with Gasteiger partial charge in [0.2, 0.25) is 0 Å². The molecular formula is C14H15BrN2OS. The molecule has 0 atom stereocenters. The van der Waals surface area contributed by atoms with Crippen molar-refractivity contribution in [2.24, 2.45) is 5.73 Å². The SMILES string of the molecule is NCCN(Cc1ccccc1)C(=O)c1ccc(Br)s1. The van der Waals surface area contributed by atoms with Crippen LogP contribution in [0, 0.1) is 0 Å². The maximum atomic E-state index is 12.4. The second-order valence-corrected chi connectivity index (χ2v) is 6.57. The molecule has 100 valence electrons. The summed E-state index contributed by atoms with van der Waals surface area (Å²) < 4.78 is 0.961. The molecule has 0 aliphatic heterocycles. The molecule has 19 heavy (non-hydrogen) atoms. The topological polar surface area (TPSA) is 46.3 Å². The summed E-state index contributed by atoms with van der Waals surface area (Å²) in [5.74, 6) is 0.0324. The van der Waals surface area contributed by atoms with Gasteiger partial charge in [0.05, 0.1) is 8.66 Å². The van der Waals surface area contributed by atoms with Crippen LogP contribution >= 0.6 is 27.3 Å². The molecule has 1 aromatic carbocycles. The van der Waals surface area contributed by atoms with Gasteiger partial charge in [-0.25, -0.2) is 0 Å². The molecule has 3 nitrogen and oxygen atoms in total. The molecule has 0 saturated heterocycles. The molecule has 5 heteroatoms. The molecular weight excluding hydrogens is 324 g/mol. The summed E-state index contributed by atoms with van der Waals surface area (Å²) in [7, 11) is 0. The lowest BCUT2D eigenvalue weighted by atomic mass is 10.2. The van der Waals surface area contributed by atoms with Crippen LogP contribution in [-0.2, 0) is 6.54 Å². The maximum Gasteiger partial charge on any atom is 0.264 e. The summed E-state index contributed by atoms with van der Waals surface area (Å²) in [6, 6.07) is 13.7. The molecule has 0 spiro atoms. The first-order valence-electron chi connectivity index (χ1n) is 5.99. The molecule has 0 aliphatic rings. The highest BCUT2D eigenvalue weighted by Gasteiger charge is 2.17. The van der Waals surface area contributed by atoms with Crippen LogP contribution in [0.2, 0.25) is 0 Å². The van der Waals surface area contributed by atoms with Gasteiger partial charge in [-0.05, 0) is 33.6 Å². The van der Waals surface area contributed by atoms with Crippen molar-refractivity contribution in [3.05, 3.63) is 56.7 Å². The largest absolute Gasteiger partial charge is 0.332 e. The first kappa shape index (κ1) is 14.2. The van der Waals surface area contributed by atoms with Gasteiger partial charge in [-0.2, -0.15) is 0 Å². The van der Waals surface area contributed by atoms with Gasteiger partial charge >= 0.3 is 0 Å². The van der Waals surface area contributed by atoms with Crippen molar-refractivity contribution < 1.29 is 4.79 Å². The predicted molar refractivity (Wildman–Crippen MR) is 82.3 cm³/mol. The van der Waals surface area contributed by atoms with Crippen LogP contribution < -0.4 is 5.73 Å². The van der Waals surface area contributed by atoms with E-state index in [1.165, 1.54) is 11.3 Å². The van der Waals surface area contributed by atoms with Crippen molar-refractivity contribution in [2.75, 3.05) is 13.1 Å². The van der Waals surface area contributed by atoms with Crippen LogP contribution in [0.25, 0.3) is 0 Å². The Morgan fingerprint density at radius 1 is 1.21 bits per heavy atom. The number of rotatable bonds is 5. The first-order chi connectivity index (χ1) is 9.20. The molecule has 1 heterocycles. The van der Waals surface area contributed by atoms with E-state index >= 15 is 0 Å². The quantitative estimate of drug-likeness (QED) is 0.910. The number of hydrogen-bond donors (Lipinski definition) is 1. The number of benzene rings is 1. The zero-order valence-electron chi connectivity index (χ0n) is 10.4. The zero-order chi connectivity index (χ0) is 13.7. The fourth-order valence-electron chi connectivity index (χ4n) is 1.80. The van der Waals surface area contributed by atoms with E-state index in [-0.39, 0.29) is 5.91 Å². The molecule has 0 saturated carbocycles. The van der Waals surface area contributed by atoms with Gasteiger partial charge in [-0.15, -0.1) is 11.3 Å². The number of carbonyl (C=O) groups is 1. The molecule has 2 N–H and O–H groups in total. The van der Waals surface area contributed by atoms with Gasteiger partial charge in [0.15, 0.2) is 0 Å².